The van der Waals surface area contributed by atoms with Crippen molar-refractivity contribution in [2.75, 3.05) is 19.6 Å². The van der Waals surface area contributed by atoms with Gasteiger partial charge in [-0.3, -0.25) is 0 Å². The van der Waals surface area contributed by atoms with Gasteiger partial charge < -0.3 is 4.90 Å². The second kappa shape index (κ2) is 5.07. The zero-order chi connectivity index (χ0) is 12.4. The number of urea groups is 1. The zero-order valence-electron chi connectivity index (χ0n) is 11.1. The first-order chi connectivity index (χ1) is 8.09. The molecule has 2 amide bonds. The number of hydrogen-bond acceptors (Lipinski definition) is 2. The maximum absolute atomic E-state index is 12.2. The minimum absolute atomic E-state index is 0.0938. The number of amides is 2. The van der Waals surface area contributed by atoms with Crippen molar-refractivity contribution in [2.24, 2.45) is 22.9 Å². The van der Waals surface area contributed by atoms with Crippen LogP contribution in [-0.4, -0.2) is 41.8 Å². The molecule has 0 aromatic heterocycles. The summed E-state index contributed by atoms with van der Waals surface area (Å²) in [5.74, 6) is 1.99. The molecule has 0 aromatic carbocycles. The predicted molar refractivity (Wildman–Crippen MR) is 68.9 cm³/mol. The summed E-state index contributed by atoms with van der Waals surface area (Å²) in [6, 6.07) is 0.0938. The molecule has 2 aliphatic rings. The summed E-state index contributed by atoms with van der Waals surface area (Å²) in [5.41, 5.74) is 0. The van der Waals surface area contributed by atoms with Crippen molar-refractivity contribution in [3.8, 4) is 0 Å². The molecule has 2 aliphatic heterocycles. The smallest absolute Gasteiger partial charge is 0.323 e. The van der Waals surface area contributed by atoms with Crippen molar-refractivity contribution in [1.82, 2.24) is 9.91 Å². The van der Waals surface area contributed by atoms with E-state index in [0.717, 1.165) is 38.4 Å². The molecule has 0 spiro atoms. The van der Waals surface area contributed by atoms with Crippen LogP contribution in [0.25, 0.3) is 0 Å². The van der Waals surface area contributed by atoms with Crippen LogP contribution in [0.4, 0.5) is 4.79 Å². The van der Waals surface area contributed by atoms with Gasteiger partial charge in [0, 0.05) is 25.7 Å². The highest BCUT2D eigenvalue weighted by molar-refractivity contribution is 5.77. The quantitative estimate of drug-likeness (QED) is 0.690. The Kier molecular flexibility index (Phi) is 3.69. The van der Waals surface area contributed by atoms with E-state index < -0.39 is 0 Å². The van der Waals surface area contributed by atoms with Crippen LogP contribution in [0.5, 0.6) is 0 Å². The number of rotatable bonds is 1. The van der Waals surface area contributed by atoms with E-state index in [4.69, 9.17) is 0 Å². The largest absolute Gasteiger partial charge is 0.340 e. The van der Waals surface area contributed by atoms with Gasteiger partial charge in [0.2, 0.25) is 0 Å². The predicted octanol–water partition coefficient (Wildman–Crippen LogP) is 2.41. The van der Waals surface area contributed by atoms with Gasteiger partial charge in [-0.2, -0.15) is 5.10 Å². The fourth-order valence-electron chi connectivity index (χ4n) is 2.84. The molecular weight excluding hydrogens is 214 g/mol. The zero-order valence-corrected chi connectivity index (χ0v) is 11.1. The molecule has 2 unspecified atom stereocenters. The van der Waals surface area contributed by atoms with E-state index in [2.05, 4.69) is 25.9 Å². The molecule has 4 nitrogen and oxygen atoms in total. The minimum atomic E-state index is 0.0938. The summed E-state index contributed by atoms with van der Waals surface area (Å²) >= 11 is 0. The Morgan fingerprint density at radius 2 is 2.18 bits per heavy atom. The van der Waals surface area contributed by atoms with Crippen LogP contribution < -0.4 is 0 Å². The maximum atomic E-state index is 12.2. The van der Waals surface area contributed by atoms with Crippen LogP contribution in [0.2, 0.25) is 0 Å². The molecule has 1 saturated heterocycles. The van der Waals surface area contributed by atoms with Gasteiger partial charge in [0.15, 0.2) is 0 Å². The first-order valence-electron chi connectivity index (χ1n) is 6.68. The van der Waals surface area contributed by atoms with E-state index in [-0.39, 0.29) is 6.03 Å². The van der Waals surface area contributed by atoms with Crippen molar-refractivity contribution in [3.05, 3.63) is 0 Å². The van der Waals surface area contributed by atoms with Gasteiger partial charge >= 0.3 is 6.03 Å². The number of carbonyl (C=O) groups is 1. The summed E-state index contributed by atoms with van der Waals surface area (Å²) < 4.78 is 0. The SMILES string of the molecule is CC(C)C1CN(C(=O)N2CCC=N2)CCC1C. The van der Waals surface area contributed by atoms with Crippen LogP contribution in [0, 0.1) is 17.8 Å². The van der Waals surface area contributed by atoms with E-state index in [0.29, 0.717) is 11.8 Å². The fraction of sp³-hybridized carbons (Fsp3) is 0.846. The molecule has 0 saturated carbocycles. The summed E-state index contributed by atoms with van der Waals surface area (Å²) in [4.78, 5) is 14.2. The lowest BCUT2D eigenvalue weighted by atomic mass is 9.80. The third-order valence-electron chi connectivity index (χ3n) is 4.06. The molecule has 96 valence electrons. The molecule has 17 heavy (non-hydrogen) atoms. The maximum Gasteiger partial charge on any atom is 0.340 e. The van der Waals surface area contributed by atoms with Gasteiger partial charge in [0.1, 0.15) is 0 Å². The highest BCUT2D eigenvalue weighted by atomic mass is 16.2. The Bertz CT molecular complexity index is 314. The summed E-state index contributed by atoms with van der Waals surface area (Å²) in [6.07, 6.45) is 3.83. The van der Waals surface area contributed by atoms with E-state index in [1.165, 1.54) is 0 Å². The lowest BCUT2D eigenvalue weighted by Crippen LogP contribution is -2.48. The summed E-state index contributed by atoms with van der Waals surface area (Å²) in [5, 5.41) is 5.72. The van der Waals surface area contributed by atoms with Gasteiger partial charge in [0.25, 0.3) is 0 Å². The third kappa shape index (κ3) is 2.61. The first kappa shape index (κ1) is 12.4. The average molecular weight is 237 g/mol. The van der Waals surface area contributed by atoms with Gasteiger partial charge in [-0.25, -0.2) is 9.80 Å². The Balaban J connectivity index is 1.97. The van der Waals surface area contributed by atoms with Crippen molar-refractivity contribution in [3.63, 3.8) is 0 Å². The van der Waals surface area contributed by atoms with Crippen LogP contribution in [0.1, 0.15) is 33.6 Å². The number of hydrazone groups is 1. The van der Waals surface area contributed by atoms with Crippen LogP contribution in [-0.2, 0) is 0 Å². The number of nitrogens with zero attached hydrogens (tertiary/aromatic N) is 3. The van der Waals surface area contributed by atoms with Gasteiger partial charge in [-0.1, -0.05) is 20.8 Å². The number of piperidine rings is 1. The lowest BCUT2D eigenvalue weighted by molar-refractivity contribution is 0.0938. The molecule has 1 fully saturated rings. The van der Waals surface area contributed by atoms with E-state index in [1.807, 2.05) is 11.1 Å². The minimum Gasteiger partial charge on any atom is -0.323 e. The highest BCUT2D eigenvalue weighted by Gasteiger charge is 2.32. The van der Waals surface area contributed by atoms with Crippen molar-refractivity contribution in [1.29, 1.82) is 0 Å². The molecule has 2 heterocycles. The Morgan fingerprint density at radius 1 is 1.41 bits per heavy atom. The molecule has 0 aromatic rings. The van der Waals surface area contributed by atoms with Gasteiger partial charge in [-0.05, 0) is 24.2 Å². The number of likely N-dealkylation sites (tertiary alicyclic amines) is 1. The van der Waals surface area contributed by atoms with Crippen molar-refractivity contribution >= 4 is 12.2 Å². The van der Waals surface area contributed by atoms with E-state index in [1.54, 1.807) is 5.01 Å². The average Bonchev–Trinajstić information content (AvgIpc) is 2.81. The lowest BCUT2D eigenvalue weighted by Gasteiger charge is -2.39. The number of hydrogen-bond donors (Lipinski definition) is 0. The highest BCUT2D eigenvalue weighted by Crippen LogP contribution is 2.29. The molecule has 0 radical (unpaired) electrons. The van der Waals surface area contributed by atoms with Crippen LogP contribution >= 0.6 is 0 Å². The van der Waals surface area contributed by atoms with Gasteiger partial charge in [-0.15, -0.1) is 0 Å². The molecule has 0 bridgehead atoms. The topological polar surface area (TPSA) is 35.9 Å². The standard InChI is InChI=1S/C13H23N3O/c1-10(2)12-9-15(8-5-11(12)3)13(17)16-7-4-6-14-16/h6,10-12H,4-5,7-9H2,1-3H3. The monoisotopic (exact) mass is 237 g/mol. The number of carbonyl (C=O) groups excluding carboxylic acids is 1. The Morgan fingerprint density at radius 3 is 2.76 bits per heavy atom. The van der Waals surface area contributed by atoms with Crippen molar-refractivity contribution in [2.45, 2.75) is 33.6 Å². The van der Waals surface area contributed by atoms with Gasteiger partial charge in [0.05, 0.1) is 6.54 Å². The van der Waals surface area contributed by atoms with E-state index in [9.17, 15) is 4.79 Å². The second-order valence-corrected chi connectivity index (χ2v) is 5.61. The molecule has 0 aliphatic carbocycles. The molecule has 2 rings (SSSR count). The summed E-state index contributed by atoms with van der Waals surface area (Å²) in [6.45, 7) is 9.34. The normalized spacial score (nSPS) is 29.2. The van der Waals surface area contributed by atoms with Crippen molar-refractivity contribution < 1.29 is 4.79 Å². The van der Waals surface area contributed by atoms with E-state index >= 15 is 0 Å². The first-order valence-corrected chi connectivity index (χ1v) is 6.68. The molecular formula is C13H23N3O. The molecule has 4 heteroatoms. The second-order valence-electron chi connectivity index (χ2n) is 5.61. The molecule has 2 atom stereocenters. The Hall–Kier alpha value is -1.06. The molecule has 0 N–H and O–H groups in total. The van der Waals surface area contributed by atoms with Crippen LogP contribution in [0.3, 0.4) is 0 Å². The fourth-order valence-corrected chi connectivity index (χ4v) is 2.84. The Labute approximate surface area is 104 Å². The summed E-state index contributed by atoms with van der Waals surface area (Å²) in [7, 11) is 0. The third-order valence-corrected chi connectivity index (χ3v) is 4.06. The van der Waals surface area contributed by atoms with Crippen LogP contribution in [0.15, 0.2) is 5.10 Å².